The second kappa shape index (κ2) is 7.35. The SMILES string of the molecule is CN(C)C(=O)c1cn[nH]c1[C@@H]1CCCN(S(=O)(=O)c2ccc(F)c(F)c2)C1. The highest BCUT2D eigenvalue weighted by atomic mass is 32.2. The van der Waals surface area contributed by atoms with Gasteiger partial charge < -0.3 is 4.90 Å². The van der Waals surface area contributed by atoms with Crippen molar-refractivity contribution in [1.29, 1.82) is 0 Å². The van der Waals surface area contributed by atoms with E-state index in [0.29, 0.717) is 30.2 Å². The van der Waals surface area contributed by atoms with Crippen LogP contribution in [0.25, 0.3) is 0 Å². The summed E-state index contributed by atoms with van der Waals surface area (Å²) in [5, 5.41) is 6.75. The van der Waals surface area contributed by atoms with Gasteiger partial charge in [-0.25, -0.2) is 17.2 Å². The highest BCUT2D eigenvalue weighted by Gasteiger charge is 2.33. The molecule has 2 aromatic rings. The number of carbonyl (C=O) groups excluding carboxylic acids is 1. The summed E-state index contributed by atoms with van der Waals surface area (Å²) >= 11 is 0. The minimum Gasteiger partial charge on any atom is -0.345 e. The molecule has 1 aromatic heterocycles. The van der Waals surface area contributed by atoms with E-state index in [1.54, 1.807) is 14.1 Å². The predicted molar refractivity (Wildman–Crippen MR) is 93.7 cm³/mol. The number of halogens is 2. The third-order valence-electron chi connectivity index (χ3n) is 4.63. The van der Waals surface area contributed by atoms with Gasteiger partial charge in [0.15, 0.2) is 11.6 Å². The number of benzene rings is 1. The summed E-state index contributed by atoms with van der Waals surface area (Å²) in [5.41, 5.74) is 0.982. The van der Waals surface area contributed by atoms with Gasteiger partial charge in [-0.15, -0.1) is 0 Å². The van der Waals surface area contributed by atoms with Gasteiger partial charge in [-0.2, -0.15) is 9.40 Å². The Bertz CT molecular complexity index is 959. The maximum Gasteiger partial charge on any atom is 0.256 e. The summed E-state index contributed by atoms with van der Waals surface area (Å²) in [4.78, 5) is 13.4. The number of nitrogens with one attached hydrogen (secondary N) is 1. The highest BCUT2D eigenvalue weighted by Crippen LogP contribution is 2.31. The van der Waals surface area contributed by atoms with Crippen LogP contribution in [0, 0.1) is 11.6 Å². The Hall–Kier alpha value is -2.33. The Morgan fingerprint density at radius 2 is 2.04 bits per heavy atom. The van der Waals surface area contributed by atoms with E-state index in [4.69, 9.17) is 0 Å². The van der Waals surface area contributed by atoms with Gasteiger partial charge in [0.1, 0.15) is 0 Å². The fraction of sp³-hybridized carbons (Fsp3) is 0.412. The largest absolute Gasteiger partial charge is 0.345 e. The monoisotopic (exact) mass is 398 g/mol. The quantitative estimate of drug-likeness (QED) is 0.853. The average Bonchev–Trinajstić information content (AvgIpc) is 3.13. The molecule has 3 rings (SSSR count). The molecule has 0 radical (unpaired) electrons. The first-order chi connectivity index (χ1) is 12.7. The Kier molecular flexibility index (Phi) is 5.29. The Balaban J connectivity index is 1.87. The normalized spacial score (nSPS) is 18.4. The number of aromatic nitrogens is 2. The Morgan fingerprint density at radius 1 is 1.30 bits per heavy atom. The second-order valence-electron chi connectivity index (χ2n) is 6.68. The molecular weight excluding hydrogens is 378 g/mol. The number of rotatable bonds is 4. The minimum atomic E-state index is -3.98. The maximum absolute atomic E-state index is 13.5. The summed E-state index contributed by atoms with van der Waals surface area (Å²) < 4.78 is 53.5. The number of sulfonamides is 1. The van der Waals surface area contributed by atoms with Crippen molar-refractivity contribution in [1.82, 2.24) is 19.4 Å². The molecule has 0 bridgehead atoms. The highest BCUT2D eigenvalue weighted by molar-refractivity contribution is 7.89. The van der Waals surface area contributed by atoms with Crippen LogP contribution >= 0.6 is 0 Å². The summed E-state index contributed by atoms with van der Waals surface area (Å²) in [5.74, 6) is -2.79. The fourth-order valence-electron chi connectivity index (χ4n) is 3.20. The lowest BCUT2D eigenvalue weighted by Crippen LogP contribution is -2.39. The number of hydrogen-bond donors (Lipinski definition) is 1. The summed E-state index contributed by atoms with van der Waals surface area (Å²) in [6, 6.07) is 2.53. The zero-order valence-corrected chi connectivity index (χ0v) is 15.8. The van der Waals surface area contributed by atoms with Crippen LogP contribution < -0.4 is 0 Å². The van der Waals surface area contributed by atoms with Gasteiger partial charge >= 0.3 is 0 Å². The molecule has 1 aromatic carbocycles. The molecule has 0 saturated carbocycles. The van der Waals surface area contributed by atoms with Crippen molar-refractivity contribution in [2.24, 2.45) is 0 Å². The van der Waals surface area contributed by atoms with E-state index in [9.17, 15) is 22.0 Å². The molecular formula is C17H20F2N4O3S. The molecule has 0 spiro atoms. The lowest BCUT2D eigenvalue weighted by atomic mass is 9.93. The first kappa shape index (κ1) is 19.4. The van der Waals surface area contributed by atoms with Gasteiger partial charge in [-0.05, 0) is 31.0 Å². The predicted octanol–water partition coefficient (Wildman–Crippen LogP) is 1.96. The van der Waals surface area contributed by atoms with Crippen molar-refractivity contribution in [3.05, 3.63) is 47.3 Å². The van der Waals surface area contributed by atoms with E-state index in [1.165, 1.54) is 15.4 Å². The molecule has 0 unspecified atom stereocenters. The molecule has 1 fully saturated rings. The van der Waals surface area contributed by atoms with Crippen molar-refractivity contribution < 1.29 is 22.0 Å². The van der Waals surface area contributed by atoms with Crippen LogP contribution in [0.15, 0.2) is 29.3 Å². The molecule has 1 atom stereocenters. The number of nitrogens with zero attached hydrogens (tertiary/aromatic N) is 3. The van der Waals surface area contributed by atoms with Crippen LogP contribution in [0.1, 0.15) is 34.8 Å². The topological polar surface area (TPSA) is 86.4 Å². The van der Waals surface area contributed by atoms with Crippen molar-refractivity contribution in [3.63, 3.8) is 0 Å². The van der Waals surface area contributed by atoms with E-state index >= 15 is 0 Å². The Labute approximate surface area is 156 Å². The number of amides is 1. The van der Waals surface area contributed by atoms with Crippen molar-refractivity contribution in [2.75, 3.05) is 27.2 Å². The van der Waals surface area contributed by atoms with E-state index in [-0.39, 0.29) is 29.8 Å². The Morgan fingerprint density at radius 3 is 2.70 bits per heavy atom. The summed E-state index contributed by atoms with van der Waals surface area (Å²) in [6.07, 6.45) is 2.68. The standard InChI is InChI=1S/C17H20F2N4O3S/c1-22(2)17(24)13-9-20-21-16(13)11-4-3-7-23(10-11)27(25,26)12-5-6-14(18)15(19)8-12/h5-6,8-9,11H,3-4,7,10H2,1-2H3,(H,20,21)/t11-/m1/s1. The summed E-state index contributed by atoms with van der Waals surface area (Å²) in [7, 11) is -0.728. The van der Waals surface area contributed by atoms with Gasteiger partial charge in [-0.3, -0.25) is 9.89 Å². The first-order valence-corrected chi connectivity index (χ1v) is 9.86. The molecule has 146 valence electrons. The zero-order valence-electron chi connectivity index (χ0n) is 14.9. The molecule has 27 heavy (non-hydrogen) atoms. The number of aromatic amines is 1. The van der Waals surface area contributed by atoms with Crippen LogP contribution in [-0.4, -0.2) is 60.9 Å². The molecule has 1 N–H and O–H groups in total. The van der Waals surface area contributed by atoms with E-state index in [0.717, 1.165) is 12.1 Å². The minimum absolute atomic E-state index is 0.122. The number of piperidine rings is 1. The number of carbonyl (C=O) groups is 1. The van der Waals surface area contributed by atoms with Crippen LogP contribution in [0.2, 0.25) is 0 Å². The van der Waals surface area contributed by atoms with Gasteiger partial charge in [0.05, 0.1) is 22.3 Å². The van der Waals surface area contributed by atoms with E-state index in [1.807, 2.05) is 0 Å². The summed E-state index contributed by atoms with van der Waals surface area (Å²) in [6.45, 7) is 0.389. The molecule has 2 heterocycles. The first-order valence-electron chi connectivity index (χ1n) is 8.42. The van der Waals surface area contributed by atoms with E-state index in [2.05, 4.69) is 10.2 Å². The number of hydrogen-bond acceptors (Lipinski definition) is 4. The van der Waals surface area contributed by atoms with Crippen LogP contribution in [-0.2, 0) is 10.0 Å². The molecule has 7 nitrogen and oxygen atoms in total. The average molecular weight is 398 g/mol. The lowest BCUT2D eigenvalue weighted by Gasteiger charge is -2.32. The third-order valence-corrected chi connectivity index (χ3v) is 6.49. The smallest absolute Gasteiger partial charge is 0.256 e. The van der Waals surface area contributed by atoms with Crippen LogP contribution in [0.4, 0.5) is 8.78 Å². The van der Waals surface area contributed by atoms with Crippen LogP contribution in [0.3, 0.4) is 0 Å². The molecule has 1 amide bonds. The van der Waals surface area contributed by atoms with Gasteiger partial charge in [0.2, 0.25) is 10.0 Å². The second-order valence-corrected chi connectivity index (χ2v) is 8.61. The molecule has 1 aliphatic heterocycles. The third kappa shape index (κ3) is 3.72. The van der Waals surface area contributed by atoms with E-state index < -0.39 is 21.7 Å². The fourth-order valence-corrected chi connectivity index (χ4v) is 4.74. The molecule has 0 aliphatic carbocycles. The maximum atomic E-state index is 13.5. The van der Waals surface area contributed by atoms with Crippen molar-refractivity contribution >= 4 is 15.9 Å². The van der Waals surface area contributed by atoms with Gasteiger partial charge in [0.25, 0.3) is 5.91 Å². The van der Waals surface area contributed by atoms with Crippen molar-refractivity contribution in [2.45, 2.75) is 23.7 Å². The zero-order chi connectivity index (χ0) is 19.8. The van der Waals surface area contributed by atoms with Crippen LogP contribution in [0.5, 0.6) is 0 Å². The number of H-pyrrole nitrogens is 1. The molecule has 1 saturated heterocycles. The van der Waals surface area contributed by atoms with Gasteiger partial charge in [-0.1, -0.05) is 0 Å². The molecule has 1 aliphatic rings. The lowest BCUT2D eigenvalue weighted by molar-refractivity contribution is 0.0825. The molecule has 10 heteroatoms. The van der Waals surface area contributed by atoms with Crippen molar-refractivity contribution in [3.8, 4) is 0 Å². The van der Waals surface area contributed by atoms with Gasteiger partial charge in [0, 0.05) is 33.1 Å².